The molecule has 1 aromatic heterocycles. The van der Waals surface area contributed by atoms with E-state index in [0.717, 1.165) is 24.8 Å². The molecule has 0 aliphatic heterocycles. The van der Waals surface area contributed by atoms with Gasteiger partial charge in [0.15, 0.2) is 0 Å². The fourth-order valence-electron chi connectivity index (χ4n) is 2.39. The smallest absolute Gasteiger partial charge is 0.105 e. The lowest BCUT2D eigenvalue weighted by Gasteiger charge is -2.35. The maximum absolute atomic E-state index is 5.78. The highest BCUT2D eigenvalue weighted by Gasteiger charge is 2.26. The van der Waals surface area contributed by atoms with Crippen LogP contribution in [0.5, 0.6) is 0 Å². The van der Waals surface area contributed by atoms with E-state index in [1.165, 1.54) is 19.4 Å². The van der Waals surface area contributed by atoms with Gasteiger partial charge in [-0.3, -0.25) is 0 Å². The Labute approximate surface area is 97.4 Å². The summed E-state index contributed by atoms with van der Waals surface area (Å²) >= 11 is 0. The molecule has 2 N–H and O–H groups in total. The summed E-state index contributed by atoms with van der Waals surface area (Å²) in [6.45, 7) is 5.34. The van der Waals surface area contributed by atoms with Crippen LogP contribution in [0, 0.1) is 12.8 Å². The molecule has 0 amide bonds. The van der Waals surface area contributed by atoms with E-state index in [4.69, 9.17) is 5.73 Å². The van der Waals surface area contributed by atoms with Crippen molar-refractivity contribution in [3.63, 3.8) is 0 Å². The SMILES string of the molecule is Cc1nccn1CCN(C)CC1CC(N)C1. The molecule has 4 nitrogen and oxygen atoms in total. The van der Waals surface area contributed by atoms with Crippen molar-refractivity contribution in [1.82, 2.24) is 14.5 Å². The maximum atomic E-state index is 5.78. The van der Waals surface area contributed by atoms with Crippen LogP contribution in [0.3, 0.4) is 0 Å². The van der Waals surface area contributed by atoms with Crippen molar-refractivity contribution in [1.29, 1.82) is 0 Å². The molecule has 0 aromatic carbocycles. The van der Waals surface area contributed by atoms with E-state index in [2.05, 4.69) is 21.5 Å². The predicted octanol–water partition coefficient (Wildman–Crippen LogP) is 0.861. The number of hydrogen-bond acceptors (Lipinski definition) is 3. The minimum absolute atomic E-state index is 0.467. The van der Waals surface area contributed by atoms with Crippen LogP contribution in [0.4, 0.5) is 0 Å². The van der Waals surface area contributed by atoms with Crippen LogP contribution in [-0.4, -0.2) is 40.6 Å². The number of aryl methyl sites for hydroxylation is 1. The Morgan fingerprint density at radius 1 is 1.56 bits per heavy atom. The molecule has 1 aliphatic rings. The topological polar surface area (TPSA) is 47.1 Å². The van der Waals surface area contributed by atoms with Gasteiger partial charge in [-0.15, -0.1) is 0 Å². The van der Waals surface area contributed by atoms with Crippen LogP contribution in [0.15, 0.2) is 12.4 Å². The van der Waals surface area contributed by atoms with E-state index in [1.54, 1.807) is 0 Å². The lowest BCUT2D eigenvalue weighted by Crippen LogP contribution is -2.42. The monoisotopic (exact) mass is 222 g/mol. The van der Waals surface area contributed by atoms with Gasteiger partial charge in [0.2, 0.25) is 0 Å². The number of imidazole rings is 1. The molecule has 1 heterocycles. The maximum Gasteiger partial charge on any atom is 0.105 e. The van der Waals surface area contributed by atoms with Crippen molar-refractivity contribution in [3.8, 4) is 0 Å². The third-order valence-corrected chi connectivity index (χ3v) is 3.49. The van der Waals surface area contributed by atoms with Crippen molar-refractivity contribution >= 4 is 0 Å². The predicted molar refractivity (Wildman–Crippen MR) is 65.2 cm³/mol. The molecular weight excluding hydrogens is 200 g/mol. The Morgan fingerprint density at radius 3 is 2.88 bits per heavy atom. The van der Waals surface area contributed by atoms with Gasteiger partial charge in [0, 0.05) is 38.1 Å². The third kappa shape index (κ3) is 2.83. The first kappa shape index (κ1) is 11.6. The molecule has 1 aromatic rings. The summed E-state index contributed by atoms with van der Waals surface area (Å²) in [5.74, 6) is 1.92. The highest BCUT2D eigenvalue weighted by molar-refractivity contribution is 4.88. The van der Waals surface area contributed by atoms with Gasteiger partial charge in [-0.2, -0.15) is 0 Å². The molecule has 0 atom stereocenters. The Morgan fingerprint density at radius 2 is 2.31 bits per heavy atom. The zero-order valence-electron chi connectivity index (χ0n) is 10.3. The second kappa shape index (κ2) is 4.97. The summed E-state index contributed by atoms with van der Waals surface area (Å²) < 4.78 is 2.20. The Balaban J connectivity index is 1.68. The average Bonchev–Trinajstić information content (AvgIpc) is 2.59. The molecular formula is C12H22N4. The van der Waals surface area contributed by atoms with Crippen LogP contribution in [0.25, 0.3) is 0 Å². The molecule has 0 bridgehead atoms. The summed E-state index contributed by atoms with van der Waals surface area (Å²) in [6, 6.07) is 0.467. The molecule has 0 unspecified atom stereocenters. The Kier molecular flexibility index (Phi) is 3.61. The zero-order valence-corrected chi connectivity index (χ0v) is 10.3. The number of hydrogen-bond donors (Lipinski definition) is 1. The lowest BCUT2D eigenvalue weighted by atomic mass is 9.81. The quantitative estimate of drug-likeness (QED) is 0.804. The normalized spacial score (nSPS) is 24.8. The van der Waals surface area contributed by atoms with Crippen LogP contribution < -0.4 is 5.73 Å². The van der Waals surface area contributed by atoms with Gasteiger partial charge < -0.3 is 15.2 Å². The van der Waals surface area contributed by atoms with E-state index in [0.29, 0.717) is 6.04 Å². The molecule has 90 valence electrons. The van der Waals surface area contributed by atoms with E-state index >= 15 is 0 Å². The van der Waals surface area contributed by atoms with E-state index in [1.807, 2.05) is 19.3 Å². The van der Waals surface area contributed by atoms with Crippen molar-refractivity contribution < 1.29 is 0 Å². The molecule has 1 saturated carbocycles. The highest BCUT2D eigenvalue weighted by atomic mass is 15.1. The van der Waals surface area contributed by atoms with Gasteiger partial charge in [0.25, 0.3) is 0 Å². The summed E-state index contributed by atoms with van der Waals surface area (Å²) in [5.41, 5.74) is 5.78. The summed E-state index contributed by atoms with van der Waals surface area (Å²) in [7, 11) is 2.19. The second-order valence-electron chi connectivity index (χ2n) is 5.03. The molecule has 0 radical (unpaired) electrons. The van der Waals surface area contributed by atoms with Crippen molar-refractivity contribution in [2.75, 3.05) is 20.1 Å². The van der Waals surface area contributed by atoms with Gasteiger partial charge in [0.1, 0.15) is 5.82 Å². The van der Waals surface area contributed by atoms with Gasteiger partial charge in [0.05, 0.1) is 0 Å². The Hall–Kier alpha value is -0.870. The molecule has 1 aliphatic carbocycles. The molecule has 4 heteroatoms. The lowest BCUT2D eigenvalue weighted by molar-refractivity contribution is 0.179. The van der Waals surface area contributed by atoms with E-state index in [9.17, 15) is 0 Å². The van der Waals surface area contributed by atoms with Gasteiger partial charge in [-0.05, 0) is 32.7 Å². The molecule has 1 fully saturated rings. The van der Waals surface area contributed by atoms with Gasteiger partial charge in [-0.25, -0.2) is 4.98 Å². The number of nitrogens with zero attached hydrogens (tertiary/aromatic N) is 3. The van der Waals surface area contributed by atoms with E-state index < -0.39 is 0 Å². The fourth-order valence-corrected chi connectivity index (χ4v) is 2.39. The first-order chi connectivity index (χ1) is 7.65. The number of aromatic nitrogens is 2. The zero-order chi connectivity index (χ0) is 11.5. The van der Waals surface area contributed by atoms with Crippen molar-refractivity contribution in [3.05, 3.63) is 18.2 Å². The van der Waals surface area contributed by atoms with Gasteiger partial charge in [-0.1, -0.05) is 0 Å². The molecule has 2 rings (SSSR count). The van der Waals surface area contributed by atoms with Gasteiger partial charge >= 0.3 is 0 Å². The standard InChI is InChI=1S/C12H22N4/c1-10-14-3-4-16(10)6-5-15(2)9-11-7-12(13)8-11/h3-4,11-12H,5-9,13H2,1-2H3. The fraction of sp³-hybridized carbons (Fsp3) is 0.750. The molecule has 0 saturated heterocycles. The largest absolute Gasteiger partial charge is 0.334 e. The van der Waals surface area contributed by atoms with E-state index in [-0.39, 0.29) is 0 Å². The number of likely N-dealkylation sites (N-methyl/N-ethyl adjacent to an activating group) is 1. The highest BCUT2D eigenvalue weighted by Crippen LogP contribution is 2.25. The van der Waals surface area contributed by atoms with Crippen LogP contribution in [-0.2, 0) is 6.54 Å². The number of nitrogens with two attached hydrogens (primary N) is 1. The minimum Gasteiger partial charge on any atom is -0.334 e. The molecule has 16 heavy (non-hydrogen) atoms. The first-order valence-corrected chi connectivity index (χ1v) is 6.07. The molecule has 0 spiro atoms. The van der Waals surface area contributed by atoms with Crippen LogP contribution in [0.2, 0.25) is 0 Å². The Bertz CT molecular complexity index is 328. The summed E-state index contributed by atoms with van der Waals surface area (Å²) in [4.78, 5) is 6.62. The number of rotatable bonds is 5. The first-order valence-electron chi connectivity index (χ1n) is 6.07. The van der Waals surface area contributed by atoms with Crippen LogP contribution >= 0.6 is 0 Å². The van der Waals surface area contributed by atoms with Crippen LogP contribution in [0.1, 0.15) is 18.7 Å². The third-order valence-electron chi connectivity index (χ3n) is 3.49. The second-order valence-corrected chi connectivity index (χ2v) is 5.03. The van der Waals surface area contributed by atoms with Crippen molar-refractivity contribution in [2.24, 2.45) is 11.7 Å². The van der Waals surface area contributed by atoms with Crippen molar-refractivity contribution in [2.45, 2.75) is 32.4 Å². The minimum atomic E-state index is 0.467. The average molecular weight is 222 g/mol. The summed E-state index contributed by atoms with van der Waals surface area (Å²) in [5, 5.41) is 0. The summed E-state index contributed by atoms with van der Waals surface area (Å²) in [6.07, 6.45) is 6.31.